The van der Waals surface area contributed by atoms with Crippen molar-refractivity contribution in [1.29, 1.82) is 0 Å². The van der Waals surface area contributed by atoms with Gasteiger partial charge in [-0.05, 0) is 0 Å². The average Bonchev–Trinajstić information content (AvgIpc) is 3.75. The number of imidazole rings is 1. The van der Waals surface area contributed by atoms with E-state index in [4.69, 9.17) is 9.47 Å². The molecule has 0 bridgehead atoms. The molecule has 0 saturated carbocycles. The Hall–Kier alpha value is -5.52. The zero-order valence-electron chi connectivity index (χ0n) is 25.9. The number of aliphatic hydroxyl groups is 1. The molecule has 6 aromatic rings. The first kappa shape index (κ1) is 32.0. The maximum atomic E-state index is 13.9. The van der Waals surface area contributed by atoms with Gasteiger partial charge in [0.2, 0.25) is 0 Å². The van der Waals surface area contributed by atoms with Crippen LogP contribution < -0.4 is 9.36 Å². The van der Waals surface area contributed by atoms with E-state index < -0.39 is 56.2 Å². The summed E-state index contributed by atoms with van der Waals surface area (Å²) >= 11 is -0.489. The molecule has 3 atom stereocenters. The van der Waals surface area contributed by atoms with Crippen molar-refractivity contribution in [3.63, 3.8) is 0 Å². The molecule has 0 spiro atoms. The Morgan fingerprint density at radius 1 is 0.796 bits per heavy atom. The molecule has 3 heterocycles. The minimum atomic E-state index is -1.24. The predicted octanol–water partition coefficient (Wildman–Crippen LogP) is 4.18. The molecule has 49 heavy (non-hydrogen) atoms. The zero-order chi connectivity index (χ0) is 33.8. The van der Waals surface area contributed by atoms with Crippen LogP contribution in [0.3, 0.4) is 0 Å². The number of carbonyl (C=O) groups is 3. The number of anilines is 1. The van der Waals surface area contributed by atoms with Gasteiger partial charge < -0.3 is 0 Å². The molecule has 2 aromatic heterocycles. The Bertz CT molecular complexity index is 2050. The Labute approximate surface area is 287 Å². The quantitative estimate of drug-likeness (QED) is 0.133. The van der Waals surface area contributed by atoms with Crippen LogP contribution in [0.15, 0.2) is 134 Å². The van der Waals surface area contributed by atoms with Crippen LogP contribution in [-0.4, -0.2) is 74.6 Å². The van der Waals surface area contributed by atoms with E-state index in [1.54, 1.807) is 89.5 Å². The number of nitrogens with zero attached hydrogens (tertiary/aromatic N) is 5. The van der Waals surface area contributed by atoms with E-state index in [0.29, 0.717) is 5.56 Å². The topological polar surface area (TPSA) is 137 Å². The van der Waals surface area contributed by atoms with Crippen molar-refractivity contribution in [2.24, 2.45) is 0 Å². The first-order valence-electron chi connectivity index (χ1n) is 15.4. The summed E-state index contributed by atoms with van der Waals surface area (Å²) in [5.74, 6) is -1.71. The molecule has 244 valence electrons. The monoisotopic (exact) mass is 719 g/mol. The molecule has 1 N–H and O–H groups in total. The van der Waals surface area contributed by atoms with Crippen LogP contribution in [0.2, 0.25) is 0 Å². The van der Waals surface area contributed by atoms with E-state index in [-0.39, 0.29) is 34.5 Å². The number of imide groups is 1. The van der Waals surface area contributed by atoms with Crippen molar-refractivity contribution >= 4 is 54.2 Å². The number of benzene rings is 4. The van der Waals surface area contributed by atoms with Crippen molar-refractivity contribution in [2.75, 3.05) is 11.5 Å². The maximum absolute atomic E-state index is 13.9. The Kier molecular flexibility index (Phi) is 9.10. The number of aliphatic hydroxyl groups excluding tert-OH is 1. The van der Waals surface area contributed by atoms with Crippen molar-refractivity contribution < 1.29 is 29.0 Å². The normalized spacial score (nSPS) is 18.6. The van der Waals surface area contributed by atoms with Crippen LogP contribution in [0.5, 0.6) is 0 Å². The molecule has 4 aromatic carbocycles. The van der Waals surface area contributed by atoms with Crippen LogP contribution in [0.1, 0.15) is 43.7 Å². The summed E-state index contributed by atoms with van der Waals surface area (Å²) in [6.45, 7) is -0.414. The van der Waals surface area contributed by atoms with E-state index in [0.717, 1.165) is 9.36 Å². The van der Waals surface area contributed by atoms with E-state index >= 15 is 0 Å². The molecule has 7 rings (SSSR count). The first-order valence-corrected chi connectivity index (χ1v) is 17.1. The molecule has 1 fully saturated rings. The van der Waals surface area contributed by atoms with Crippen molar-refractivity contribution in [3.05, 3.63) is 151 Å². The average molecular weight is 719 g/mol. The number of hydrogen-bond donors (Lipinski definition) is 1. The van der Waals surface area contributed by atoms with Crippen LogP contribution in [0, 0.1) is 0 Å². The third-order valence-corrected chi connectivity index (χ3v) is 10.9. The van der Waals surface area contributed by atoms with Crippen molar-refractivity contribution in [1.82, 2.24) is 19.5 Å². The number of rotatable bonds is 9. The molecule has 1 aliphatic rings. The van der Waals surface area contributed by atoms with Crippen molar-refractivity contribution in [2.45, 2.75) is 23.3 Å². The third kappa shape index (κ3) is 6.38. The molecule has 1 aliphatic heterocycles. The Balaban J connectivity index is 1.28. The molecule has 11 nitrogen and oxygen atoms in total. The number of ether oxygens (including phenoxy) is 2. The van der Waals surface area contributed by atoms with Gasteiger partial charge in [-0.25, -0.2) is 0 Å². The van der Waals surface area contributed by atoms with Gasteiger partial charge in [0.05, 0.1) is 0 Å². The van der Waals surface area contributed by atoms with Gasteiger partial charge in [-0.3, -0.25) is 0 Å². The second kappa shape index (κ2) is 13.9. The molecule has 1 saturated heterocycles. The fraction of sp³-hybridized carbons (Fsp3) is 0.135. The zero-order valence-corrected chi connectivity index (χ0v) is 27.6. The Morgan fingerprint density at radius 2 is 1.35 bits per heavy atom. The van der Waals surface area contributed by atoms with Crippen LogP contribution >= 0.6 is 0 Å². The fourth-order valence-corrected chi connectivity index (χ4v) is 8.16. The second-order valence-corrected chi connectivity index (χ2v) is 14.0. The van der Waals surface area contributed by atoms with Crippen molar-refractivity contribution in [3.8, 4) is 0 Å². The number of amides is 2. The third-order valence-electron chi connectivity index (χ3n) is 8.06. The predicted molar refractivity (Wildman–Crippen MR) is 181 cm³/mol. The molecule has 0 unspecified atom stereocenters. The summed E-state index contributed by atoms with van der Waals surface area (Å²) in [5, 5.41) is 10.9. The van der Waals surface area contributed by atoms with E-state index in [1.807, 2.05) is 36.4 Å². The SMILES string of the molecule is O=C(O[C@H]1C[C@H](n2cnc3c(N(C(=O)c4ccccc4)C(=O)c4ccccc4)ncnc32)O[C@@]1(CO)[Se]c1ccccc1)c1ccccc1. The van der Waals surface area contributed by atoms with Crippen LogP contribution in [-0.2, 0) is 9.47 Å². The van der Waals surface area contributed by atoms with Gasteiger partial charge in [0.1, 0.15) is 0 Å². The summed E-state index contributed by atoms with van der Waals surface area (Å²) in [4.78, 5) is 55.6. The molecule has 2 amide bonds. The van der Waals surface area contributed by atoms with Gasteiger partial charge in [-0.2, -0.15) is 0 Å². The molecular formula is C37H29N5O6Se. The number of carbonyl (C=O) groups excluding carboxylic acids is 3. The van der Waals surface area contributed by atoms with Gasteiger partial charge in [-0.1, -0.05) is 12.1 Å². The Morgan fingerprint density at radius 3 is 1.92 bits per heavy atom. The molecule has 0 aliphatic carbocycles. The minimum absolute atomic E-state index is 0.00145. The van der Waals surface area contributed by atoms with Gasteiger partial charge in [0.15, 0.2) is 0 Å². The molecule has 0 radical (unpaired) electrons. The number of aromatic nitrogens is 4. The van der Waals surface area contributed by atoms with Gasteiger partial charge in [-0.15, -0.1) is 0 Å². The summed E-state index contributed by atoms with van der Waals surface area (Å²) < 4.78 is 14.1. The van der Waals surface area contributed by atoms with E-state index in [2.05, 4.69) is 15.0 Å². The standard InChI is InChI=1S/C37H29N5O6Se/c43-22-37(49-28-19-11-4-12-20-28)29(47-36(46)27-17-9-3-10-18-27)21-30(48-37)41-24-40-31-32(41)38-23-39-33(31)42(34(44)25-13-5-1-6-14-25)35(45)26-15-7-2-8-16-26/h1-20,23-24,29-30,43H,21-22H2/t29-,30+,37-/m0/s1. The number of hydrogen-bond acceptors (Lipinski definition) is 9. The summed E-state index contributed by atoms with van der Waals surface area (Å²) in [6, 6.07) is 35.1. The summed E-state index contributed by atoms with van der Waals surface area (Å²) in [7, 11) is 0. The second-order valence-electron chi connectivity index (χ2n) is 11.2. The van der Waals surface area contributed by atoms with E-state index in [9.17, 15) is 19.5 Å². The van der Waals surface area contributed by atoms with Gasteiger partial charge >= 0.3 is 276 Å². The number of esters is 1. The first-order chi connectivity index (χ1) is 24.0. The van der Waals surface area contributed by atoms with Gasteiger partial charge in [0, 0.05) is 0 Å². The summed E-state index contributed by atoms with van der Waals surface area (Å²) in [5.41, 5.74) is 1.43. The molecular weight excluding hydrogens is 689 g/mol. The summed E-state index contributed by atoms with van der Waals surface area (Å²) in [6.07, 6.45) is 1.32. The van der Waals surface area contributed by atoms with E-state index in [1.165, 1.54) is 12.7 Å². The van der Waals surface area contributed by atoms with Crippen LogP contribution in [0.25, 0.3) is 11.2 Å². The fourth-order valence-electron chi connectivity index (χ4n) is 5.66. The molecule has 12 heteroatoms. The van der Waals surface area contributed by atoms with Crippen LogP contribution in [0.4, 0.5) is 5.82 Å². The number of fused-ring (bicyclic) bond motifs is 1. The van der Waals surface area contributed by atoms with Gasteiger partial charge in [0.25, 0.3) is 0 Å².